The number of nitrogens with two attached hydrogens (primary N) is 1. The number of hydrogen-bond acceptors (Lipinski definition) is 7. The first-order chi connectivity index (χ1) is 11.0. The van der Waals surface area contributed by atoms with E-state index in [1.807, 2.05) is 19.4 Å². The number of ether oxygens (including phenoxy) is 1. The SMILES string of the molecule is CCOC=O.Cc1ncc(C[n+]2csc(CCO)c2C)c(N)n1.[Cl-]. The number of thiazole rings is 1. The molecule has 2 aromatic rings. The summed E-state index contributed by atoms with van der Waals surface area (Å²) in [5.74, 6) is 1.22. The third kappa shape index (κ3) is 6.77. The van der Waals surface area contributed by atoms with E-state index in [2.05, 4.69) is 19.3 Å². The lowest BCUT2D eigenvalue weighted by Crippen LogP contribution is -3.00. The number of nitrogens with zero attached hydrogens (tertiary/aromatic N) is 3. The lowest BCUT2D eigenvalue weighted by atomic mass is 10.2. The van der Waals surface area contributed by atoms with Crippen molar-refractivity contribution in [3.8, 4) is 0 Å². The molecule has 2 rings (SSSR count). The third-order valence-electron chi connectivity index (χ3n) is 3.09. The second kappa shape index (κ2) is 11.7. The first-order valence-corrected chi connectivity index (χ1v) is 8.11. The van der Waals surface area contributed by atoms with Gasteiger partial charge in [0.15, 0.2) is 12.2 Å². The number of aromatic nitrogens is 3. The Hall–Kier alpha value is -1.77. The first-order valence-electron chi connectivity index (χ1n) is 7.23. The highest BCUT2D eigenvalue weighted by Gasteiger charge is 2.16. The van der Waals surface area contributed by atoms with Gasteiger partial charge in [-0.25, -0.2) is 9.97 Å². The first kappa shape index (κ1) is 22.2. The van der Waals surface area contributed by atoms with Gasteiger partial charge < -0.3 is 28.0 Å². The van der Waals surface area contributed by atoms with E-state index in [0.717, 1.165) is 11.3 Å². The summed E-state index contributed by atoms with van der Waals surface area (Å²) in [5.41, 5.74) is 10.0. The lowest BCUT2D eigenvalue weighted by Gasteiger charge is -2.01. The quantitative estimate of drug-likeness (QED) is 0.439. The molecule has 0 saturated carbocycles. The van der Waals surface area contributed by atoms with E-state index in [0.29, 0.717) is 37.7 Å². The Morgan fingerprint density at radius 3 is 2.67 bits per heavy atom. The summed E-state index contributed by atoms with van der Waals surface area (Å²) in [4.78, 5) is 18.7. The van der Waals surface area contributed by atoms with Crippen molar-refractivity contribution in [3.05, 3.63) is 33.7 Å². The molecule has 0 amide bonds. The van der Waals surface area contributed by atoms with Gasteiger partial charge in [0.2, 0.25) is 5.51 Å². The Morgan fingerprint density at radius 1 is 1.46 bits per heavy atom. The van der Waals surface area contributed by atoms with Gasteiger partial charge in [-0.05, 0) is 13.8 Å². The van der Waals surface area contributed by atoms with Crippen molar-refractivity contribution in [2.75, 3.05) is 18.9 Å². The van der Waals surface area contributed by atoms with E-state index in [9.17, 15) is 4.79 Å². The molecule has 0 aliphatic rings. The summed E-state index contributed by atoms with van der Waals surface area (Å²) >= 11 is 1.65. The number of aliphatic hydroxyl groups excluding tert-OH is 1. The van der Waals surface area contributed by atoms with Crippen molar-refractivity contribution in [1.29, 1.82) is 0 Å². The maximum atomic E-state index is 9.18. The summed E-state index contributed by atoms with van der Waals surface area (Å²) in [7, 11) is 0. The van der Waals surface area contributed by atoms with Crippen LogP contribution in [0.4, 0.5) is 5.82 Å². The van der Waals surface area contributed by atoms with Gasteiger partial charge in [0.05, 0.1) is 17.0 Å². The van der Waals surface area contributed by atoms with Crippen molar-refractivity contribution in [1.82, 2.24) is 9.97 Å². The van der Waals surface area contributed by atoms with Gasteiger partial charge in [-0.2, -0.15) is 4.57 Å². The number of aliphatic hydroxyl groups is 1. The number of carbonyl (C=O) groups excluding carboxylic acids is 1. The van der Waals surface area contributed by atoms with Crippen molar-refractivity contribution in [2.24, 2.45) is 0 Å². The van der Waals surface area contributed by atoms with Crippen LogP contribution in [0.15, 0.2) is 11.7 Å². The summed E-state index contributed by atoms with van der Waals surface area (Å²) in [6.45, 7) is 7.38. The standard InChI is InChI=1S/C12H17N4OS.C3H6O2.ClH/c1-8-11(3-4-17)18-7-16(8)6-10-5-14-9(2)15-12(10)13;1-2-5-3-4;/h5,7,17H,3-4,6H2,1-2H3,(H2,13,14,15);3H,2H2,1H3;1H/q+1;;/p-1. The molecule has 0 fully saturated rings. The average molecular weight is 375 g/mol. The van der Waals surface area contributed by atoms with Crippen molar-refractivity contribution >= 4 is 23.6 Å². The Balaban J connectivity index is 0.000000777. The Labute approximate surface area is 151 Å². The zero-order valence-corrected chi connectivity index (χ0v) is 15.6. The van der Waals surface area contributed by atoms with E-state index in [1.54, 1.807) is 24.5 Å². The fourth-order valence-electron chi connectivity index (χ4n) is 1.83. The molecule has 0 aliphatic heterocycles. The zero-order chi connectivity index (χ0) is 17.2. The summed E-state index contributed by atoms with van der Waals surface area (Å²) in [6, 6.07) is 0. The fourth-order valence-corrected chi connectivity index (χ4v) is 2.82. The average Bonchev–Trinajstić information content (AvgIpc) is 2.85. The molecule has 0 atom stereocenters. The highest BCUT2D eigenvalue weighted by molar-refractivity contribution is 7.09. The van der Waals surface area contributed by atoms with Crippen LogP contribution in [-0.2, 0) is 22.5 Å². The van der Waals surface area contributed by atoms with Gasteiger partial charge in [-0.3, -0.25) is 4.79 Å². The van der Waals surface area contributed by atoms with Gasteiger partial charge in [0.25, 0.3) is 6.47 Å². The number of nitrogen functional groups attached to an aromatic ring is 1. The molecule has 0 bridgehead atoms. The monoisotopic (exact) mass is 374 g/mol. The molecule has 2 aromatic heterocycles. The molecule has 0 aliphatic carbocycles. The van der Waals surface area contributed by atoms with E-state index in [-0.39, 0.29) is 19.0 Å². The van der Waals surface area contributed by atoms with Crippen LogP contribution in [0, 0.1) is 13.8 Å². The van der Waals surface area contributed by atoms with Crippen LogP contribution in [-0.4, -0.2) is 34.8 Å². The molecule has 2 heterocycles. The Morgan fingerprint density at radius 2 is 2.17 bits per heavy atom. The molecule has 3 N–H and O–H groups in total. The van der Waals surface area contributed by atoms with Crippen LogP contribution in [0.2, 0.25) is 0 Å². The van der Waals surface area contributed by atoms with E-state index >= 15 is 0 Å². The maximum absolute atomic E-state index is 9.18. The molecular weight excluding hydrogens is 352 g/mol. The molecule has 0 saturated heterocycles. The molecule has 7 nitrogen and oxygen atoms in total. The van der Waals surface area contributed by atoms with Gasteiger partial charge in [0, 0.05) is 26.1 Å². The van der Waals surface area contributed by atoms with E-state index < -0.39 is 0 Å². The number of anilines is 1. The predicted molar refractivity (Wildman–Crippen MR) is 88.0 cm³/mol. The molecule has 0 radical (unpaired) electrons. The molecule has 0 spiro atoms. The minimum Gasteiger partial charge on any atom is -1.00 e. The van der Waals surface area contributed by atoms with E-state index in [4.69, 9.17) is 10.8 Å². The van der Waals surface area contributed by atoms with Crippen LogP contribution in [0.25, 0.3) is 0 Å². The Kier molecular flexibility index (Phi) is 10.9. The van der Waals surface area contributed by atoms with E-state index in [1.165, 1.54) is 4.88 Å². The number of halogens is 1. The fraction of sp³-hybridized carbons (Fsp3) is 0.467. The molecule has 134 valence electrons. The summed E-state index contributed by atoms with van der Waals surface area (Å²) in [6.07, 6.45) is 2.47. The Bertz CT molecular complexity index is 637. The number of carbonyl (C=O) groups is 1. The summed E-state index contributed by atoms with van der Waals surface area (Å²) < 4.78 is 6.26. The van der Waals surface area contributed by atoms with Crippen molar-refractivity contribution in [3.63, 3.8) is 0 Å². The van der Waals surface area contributed by atoms with Crippen LogP contribution in [0.3, 0.4) is 0 Å². The number of rotatable bonds is 6. The second-order valence-corrected chi connectivity index (χ2v) is 5.65. The van der Waals surface area contributed by atoms with Gasteiger partial charge in [-0.1, -0.05) is 11.3 Å². The normalized spacial score (nSPS) is 9.50. The number of aryl methyl sites for hydroxylation is 1. The van der Waals surface area contributed by atoms with Crippen LogP contribution in [0.5, 0.6) is 0 Å². The minimum absolute atomic E-state index is 0. The third-order valence-corrected chi connectivity index (χ3v) is 4.23. The van der Waals surface area contributed by atoms with Gasteiger partial charge >= 0.3 is 0 Å². The van der Waals surface area contributed by atoms with Crippen molar-refractivity contribution in [2.45, 2.75) is 33.7 Å². The maximum Gasteiger partial charge on any atom is 0.293 e. The van der Waals surface area contributed by atoms with Crippen molar-refractivity contribution < 1.29 is 31.6 Å². The molecule has 0 unspecified atom stereocenters. The molecule has 24 heavy (non-hydrogen) atoms. The van der Waals surface area contributed by atoms with Gasteiger partial charge in [0.1, 0.15) is 11.6 Å². The zero-order valence-electron chi connectivity index (χ0n) is 14.0. The second-order valence-electron chi connectivity index (χ2n) is 4.71. The predicted octanol–water partition coefficient (Wildman–Crippen LogP) is -2.21. The largest absolute Gasteiger partial charge is 1.00 e. The highest BCUT2D eigenvalue weighted by atomic mass is 35.5. The molecular formula is C15H23ClN4O3S. The highest BCUT2D eigenvalue weighted by Crippen LogP contribution is 2.13. The smallest absolute Gasteiger partial charge is 0.293 e. The minimum atomic E-state index is 0. The van der Waals surface area contributed by atoms with Crippen LogP contribution in [0.1, 0.15) is 28.9 Å². The molecule has 9 heteroatoms. The topological polar surface area (TPSA) is 102 Å². The summed E-state index contributed by atoms with van der Waals surface area (Å²) in [5, 5.41) is 8.98. The lowest BCUT2D eigenvalue weighted by molar-refractivity contribution is -0.689. The number of hydrogen-bond donors (Lipinski definition) is 2. The van der Waals surface area contributed by atoms with Gasteiger partial charge in [-0.15, -0.1) is 0 Å². The molecule has 0 aromatic carbocycles. The van der Waals surface area contributed by atoms with Crippen LogP contribution >= 0.6 is 11.3 Å². The van der Waals surface area contributed by atoms with Crippen LogP contribution < -0.4 is 22.7 Å².